The fraction of sp³-hybridized carbons (Fsp3) is 0.208. The molecule has 2 heterocycles. The van der Waals surface area contributed by atoms with Gasteiger partial charge in [-0.1, -0.05) is 23.7 Å². The van der Waals surface area contributed by atoms with Crippen LogP contribution in [0.1, 0.15) is 11.3 Å². The summed E-state index contributed by atoms with van der Waals surface area (Å²) >= 11 is 5.89. The number of nitrogens with one attached hydrogen (secondary N) is 1. The molecule has 0 spiro atoms. The third-order valence-corrected chi connectivity index (χ3v) is 5.71. The number of benzene rings is 2. The molecule has 1 aliphatic heterocycles. The third-order valence-electron chi connectivity index (χ3n) is 5.45. The van der Waals surface area contributed by atoms with Crippen molar-refractivity contribution in [3.8, 4) is 0 Å². The topological polar surface area (TPSA) is 91.9 Å². The van der Waals surface area contributed by atoms with Crippen LogP contribution in [0.3, 0.4) is 0 Å². The number of piperazine rings is 1. The van der Waals surface area contributed by atoms with E-state index in [1.165, 1.54) is 6.07 Å². The highest BCUT2D eigenvalue weighted by atomic mass is 35.5. The van der Waals surface area contributed by atoms with Crippen LogP contribution in [0.4, 0.5) is 17.1 Å². The van der Waals surface area contributed by atoms with E-state index in [0.717, 1.165) is 11.3 Å². The third kappa shape index (κ3) is 5.72. The number of halogens is 1. The maximum absolute atomic E-state index is 12.6. The summed E-state index contributed by atoms with van der Waals surface area (Å²) in [5.41, 5.74) is 2.21. The van der Waals surface area contributed by atoms with E-state index in [4.69, 9.17) is 16.0 Å². The van der Waals surface area contributed by atoms with Crippen LogP contribution in [0.15, 0.2) is 71.4 Å². The molecule has 1 N–H and O–H groups in total. The minimum atomic E-state index is -0.405. The monoisotopic (exact) mass is 466 g/mol. The zero-order valence-corrected chi connectivity index (χ0v) is 18.6. The van der Waals surface area contributed by atoms with Gasteiger partial charge < -0.3 is 19.5 Å². The van der Waals surface area contributed by atoms with Crippen LogP contribution in [0.25, 0.3) is 6.08 Å². The molecule has 9 heteroatoms. The summed E-state index contributed by atoms with van der Waals surface area (Å²) in [6.45, 7) is 2.75. The van der Waals surface area contributed by atoms with Crippen LogP contribution in [-0.4, -0.2) is 41.9 Å². The number of carbonyl (C=O) groups is 1. The van der Waals surface area contributed by atoms with Gasteiger partial charge in [-0.3, -0.25) is 14.9 Å². The summed E-state index contributed by atoms with van der Waals surface area (Å²) < 4.78 is 5.30. The van der Waals surface area contributed by atoms with Crippen LogP contribution >= 0.6 is 11.6 Å². The van der Waals surface area contributed by atoms with Crippen LogP contribution in [0, 0.1) is 10.1 Å². The molecule has 1 saturated heterocycles. The number of furan rings is 1. The van der Waals surface area contributed by atoms with E-state index >= 15 is 0 Å². The highest BCUT2D eigenvalue weighted by Gasteiger charge is 2.22. The molecular formula is C24H23ClN4O4. The molecule has 4 rings (SSSR count). The highest BCUT2D eigenvalue weighted by Crippen LogP contribution is 2.30. The molecule has 3 aromatic rings. The molecule has 1 aliphatic rings. The molecule has 0 radical (unpaired) electrons. The van der Waals surface area contributed by atoms with Gasteiger partial charge in [-0.05, 0) is 48.0 Å². The molecule has 0 unspecified atom stereocenters. The Kier molecular flexibility index (Phi) is 6.95. The summed E-state index contributed by atoms with van der Waals surface area (Å²) in [6, 6.07) is 15.9. The lowest BCUT2D eigenvalue weighted by molar-refractivity contribution is -0.384. The molecule has 0 aliphatic carbocycles. The fourth-order valence-electron chi connectivity index (χ4n) is 3.65. The van der Waals surface area contributed by atoms with Crippen LogP contribution in [-0.2, 0) is 11.3 Å². The zero-order chi connectivity index (χ0) is 23.2. The molecule has 0 saturated carbocycles. The van der Waals surface area contributed by atoms with Crippen molar-refractivity contribution in [1.29, 1.82) is 0 Å². The maximum atomic E-state index is 12.6. The van der Waals surface area contributed by atoms with Crippen molar-refractivity contribution in [3.63, 3.8) is 0 Å². The van der Waals surface area contributed by atoms with Gasteiger partial charge in [0.05, 0.1) is 17.7 Å². The molecule has 1 aromatic heterocycles. The van der Waals surface area contributed by atoms with Gasteiger partial charge in [0.25, 0.3) is 5.69 Å². The molecule has 170 valence electrons. The largest absolute Gasteiger partial charge is 0.467 e. The number of carbonyl (C=O) groups excluding carboxylic acids is 1. The Hall–Kier alpha value is -3.78. The first-order valence-electron chi connectivity index (χ1n) is 10.5. The first-order chi connectivity index (χ1) is 16.0. The lowest BCUT2D eigenvalue weighted by Gasteiger charge is -2.35. The van der Waals surface area contributed by atoms with Gasteiger partial charge in [-0.25, -0.2) is 0 Å². The minimum Gasteiger partial charge on any atom is -0.467 e. The number of amides is 1. The van der Waals surface area contributed by atoms with Crippen molar-refractivity contribution in [2.75, 3.05) is 36.4 Å². The smallest absolute Gasteiger partial charge is 0.292 e. The zero-order valence-electron chi connectivity index (χ0n) is 17.8. The average molecular weight is 467 g/mol. The van der Waals surface area contributed by atoms with Crippen molar-refractivity contribution in [3.05, 3.63) is 93.4 Å². The second-order valence-electron chi connectivity index (χ2n) is 7.59. The number of nitrogens with zero attached hydrogens (tertiary/aromatic N) is 3. The average Bonchev–Trinajstić information content (AvgIpc) is 3.36. The van der Waals surface area contributed by atoms with E-state index in [-0.39, 0.29) is 11.6 Å². The van der Waals surface area contributed by atoms with E-state index in [2.05, 4.69) is 10.2 Å². The van der Waals surface area contributed by atoms with Crippen molar-refractivity contribution < 1.29 is 14.1 Å². The molecule has 1 fully saturated rings. The first-order valence-corrected chi connectivity index (χ1v) is 10.9. The van der Waals surface area contributed by atoms with Crippen molar-refractivity contribution in [2.24, 2.45) is 0 Å². The molecule has 2 aromatic carbocycles. The lowest BCUT2D eigenvalue weighted by atomic mass is 10.2. The number of rotatable bonds is 7. The minimum absolute atomic E-state index is 0.00598. The predicted octanol–water partition coefficient (Wildman–Crippen LogP) is 4.82. The second kappa shape index (κ2) is 10.2. The fourth-order valence-corrected chi connectivity index (χ4v) is 3.77. The first kappa shape index (κ1) is 22.4. The normalized spacial score (nSPS) is 14.0. The van der Waals surface area contributed by atoms with Gasteiger partial charge >= 0.3 is 0 Å². The molecular weight excluding hydrogens is 444 g/mol. The molecule has 0 atom stereocenters. The number of anilines is 2. The second-order valence-corrected chi connectivity index (χ2v) is 8.03. The van der Waals surface area contributed by atoms with E-state index in [1.807, 2.05) is 12.1 Å². The van der Waals surface area contributed by atoms with E-state index in [1.54, 1.807) is 59.7 Å². The van der Waals surface area contributed by atoms with Crippen molar-refractivity contribution in [1.82, 2.24) is 4.90 Å². The van der Waals surface area contributed by atoms with Crippen LogP contribution < -0.4 is 10.2 Å². The predicted molar refractivity (Wildman–Crippen MR) is 128 cm³/mol. The van der Waals surface area contributed by atoms with Gasteiger partial charge in [0.2, 0.25) is 5.91 Å². The summed E-state index contributed by atoms with van der Waals surface area (Å²) in [7, 11) is 0. The van der Waals surface area contributed by atoms with Gasteiger partial charge in [-0.15, -0.1) is 0 Å². The number of nitro groups is 1. The summed E-state index contributed by atoms with van der Waals surface area (Å²) in [6.07, 6.45) is 4.91. The Labute approximate surface area is 196 Å². The van der Waals surface area contributed by atoms with E-state index in [9.17, 15) is 14.9 Å². The Bertz CT molecular complexity index is 1140. The Morgan fingerprint density at radius 3 is 2.55 bits per heavy atom. The Morgan fingerprint density at radius 1 is 1.12 bits per heavy atom. The summed E-state index contributed by atoms with van der Waals surface area (Å²) in [5, 5.41) is 15.2. The van der Waals surface area contributed by atoms with Crippen molar-refractivity contribution in [2.45, 2.75) is 6.54 Å². The van der Waals surface area contributed by atoms with Gasteiger partial charge in [-0.2, -0.15) is 0 Å². The molecule has 0 bridgehead atoms. The lowest BCUT2D eigenvalue weighted by Crippen LogP contribution is -2.48. The quantitative estimate of drug-likeness (QED) is 0.305. The number of hydrogen-bond donors (Lipinski definition) is 1. The SMILES string of the molecule is O=C(/C=C/c1ccc(Cl)cc1)N1CCN(c2ccc([N+](=O)[O-])c(NCc3ccco3)c2)CC1. The summed E-state index contributed by atoms with van der Waals surface area (Å²) in [5.74, 6) is 0.641. The van der Waals surface area contributed by atoms with Gasteiger partial charge in [0.15, 0.2) is 0 Å². The van der Waals surface area contributed by atoms with E-state index < -0.39 is 4.92 Å². The Morgan fingerprint density at radius 2 is 1.88 bits per heavy atom. The van der Waals surface area contributed by atoms with Crippen LogP contribution in [0.5, 0.6) is 0 Å². The highest BCUT2D eigenvalue weighted by molar-refractivity contribution is 6.30. The van der Waals surface area contributed by atoms with E-state index in [0.29, 0.717) is 49.2 Å². The molecule has 1 amide bonds. The van der Waals surface area contributed by atoms with Gasteiger partial charge in [0.1, 0.15) is 11.4 Å². The standard InChI is InChI=1S/C24H23ClN4O4/c25-19-6-3-18(4-7-19)5-10-24(30)28-13-11-27(12-14-28)20-8-9-23(29(31)32)22(16-20)26-17-21-2-1-15-33-21/h1-10,15-16,26H,11-14,17H2/b10-5+. The van der Waals surface area contributed by atoms with Gasteiger partial charge in [0, 0.05) is 49.0 Å². The number of nitro benzene ring substituents is 1. The molecule has 33 heavy (non-hydrogen) atoms. The Balaban J connectivity index is 1.38. The summed E-state index contributed by atoms with van der Waals surface area (Å²) in [4.78, 5) is 27.5. The van der Waals surface area contributed by atoms with Crippen LogP contribution in [0.2, 0.25) is 5.02 Å². The molecule has 8 nitrogen and oxygen atoms in total. The number of hydrogen-bond acceptors (Lipinski definition) is 6. The van der Waals surface area contributed by atoms with Crippen molar-refractivity contribution >= 4 is 40.6 Å². The maximum Gasteiger partial charge on any atom is 0.292 e.